The lowest BCUT2D eigenvalue weighted by Gasteiger charge is -2.42. The zero-order valence-electron chi connectivity index (χ0n) is 22.4. The minimum atomic E-state index is -4.68. The average molecular weight is 557 g/mol. The van der Waals surface area contributed by atoms with Crippen LogP contribution in [0.1, 0.15) is 24.0 Å². The van der Waals surface area contributed by atoms with Gasteiger partial charge in [0.15, 0.2) is 0 Å². The number of amides is 1. The van der Waals surface area contributed by atoms with Crippen LogP contribution in [0.4, 0.5) is 24.9 Å². The van der Waals surface area contributed by atoms with Crippen LogP contribution in [0.2, 0.25) is 0 Å². The Morgan fingerprint density at radius 2 is 1.90 bits per heavy atom. The Kier molecular flexibility index (Phi) is 7.49. The van der Waals surface area contributed by atoms with Gasteiger partial charge in [0.2, 0.25) is 11.9 Å². The van der Waals surface area contributed by atoms with Crippen LogP contribution >= 0.6 is 0 Å². The second-order valence-corrected chi connectivity index (χ2v) is 10.0. The molecule has 2 fully saturated rings. The van der Waals surface area contributed by atoms with Crippen molar-refractivity contribution in [2.24, 2.45) is 0 Å². The first-order valence-electron chi connectivity index (χ1n) is 13.2. The van der Waals surface area contributed by atoms with Gasteiger partial charge < -0.3 is 20.0 Å². The number of hydrogen-bond acceptors (Lipinski definition) is 8. The molecule has 1 amide bonds. The number of piperazine rings is 1. The van der Waals surface area contributed by atoms with Gasteiger partial charge in [-0.25, -0.2) is 4.98 Å². The van der Waals surface area contributed by atoms with E-state index in [1.54, 1.807) is 11.9 Å². The van der Waals surface area contributed by atoms with E-state index in [-0.39, 0.29) is 28.7 Å². The van der Waals surface area contributed by atoms with Crippen molar-refractivity contribution >= 4 is 28.6 Å². The third-order valence-corrected chi connectivity index (χ3v) is 7.44. The largest absolute Gasteiger partial charge is 0.418 e. The molecule has 1 N–H and O–H groups in total. The summed E-state index contributed by atoms with van der Waals surface area (Å²) >= 11 is 0. The SMILES string of the molecule is C=CC(=O)N1CCN(c2nc(N3CCCC3)nc3c(=O)n(-c4cccc(C)c4C(F)(F)F)ncc23)C[C@@H]1CNC. The maximum atomic E-state index is 14.0. The number of hydrogen-bond donors (Lipinski definition) is 1. The van der Waals surface area contributed by atoms with Gasteiger partial charge in [0.1, 0.15) is 11.3 Å². The van der Waals surface area contributed by atoms with Crippen LogP contribution in [0.5, 0.6) is 0 Å². The van der Waals surface area contributed by atoms with Gasteiger partial charge in [-0.05, 0) is 44.5 Å². The summed E-state index contributed by atoms with van der Waals surface area (Å²) in [6.45, 7) is 8.17. The van der Waals surface area contributed by atoms with Crippen LogP contribution in [-0.4, -0.2) is 82.9 Å². The number of anilines is 2. The lowest BCUT2D eigenvalue weighted by atomic mass is 10.1. The molecular weight excluding hydrogens is 525 g/mol. The number of likely N-dealkylation sites (N-methyl/N-ethyl adjacent to an activating group) is 1. The highest BCUT2D eigenvalue weighted by molar-refractivity contribution is 5.90. The van der Waals surface area contributed by atoms with E-state index >= 15 is 0 Å². The minimum absolute atomic E-state index is 0.00806. The van der Waals surface area contributed by atoms with Gasteiger partial charge in [-0.1, -0.05) is 18.7 Å². The normalized spacial score (nSPS) is 18.0. The van der Waals surface area contributed by atoms with E-state index in [1.807, 2.05) is 9.80 Å². The molecule has 0 unspecified atom stereocenters. The van der Waals surface area contributed by atoms with E-state index in [2.05, 4.69) is 22.0 Å². The number of benzene rings is 1. The number of nitrogens with one attached hydrogen (secondary N) is 1. The summed E-state index contributed by atoms with van der Waals surface area (Å²) in [6.07, 6.45) is -0.142. The first-order chi connectivity index (χ1) is 19.1. The number of rotatable bonds is 6. The zero-order chi connectivity index (χ0) is 28.6. The van der Waals surface area contributed by atoms with Crippen molar-refractivity contribution in [3.63, 3.8) is 0 Å². The number of halogens is 3. The van der Waals surface area contributed by atoms with Gasteiger partial charge in [-0.3, -0.25) is 9.59 Å². The van der Waals surface area contributed by atoms with Crippen molar-refractivity contribution < 1.29 is 18.0 Å². The van der Waals surface area contributed by atoms with Gasteiger partial charge in [0.25, 0.3) is 5.56 Å². The summed E-state index contributed by atoms with van der Waals surface area (Å²) in [5.41, 5.74) is -2.05. The van der Waals surface area contributed by atoms with Crippen molar-refractivity contribution in [1.82, 2.24) is 30.0 Å². The molecule has 13 heteroatoms. The van der Waals surface area contributed by atoms with Crippen LogP contribution in [0, 0.1) is 6.92 Å². The maximum Gasteiger partial charge on any atom is 0.418 e. The minimum Gasteiger partial charge on any atom is -0.352 e. The maximum absolute atomic E-state index is 14.0. The Morgan fingerprint density at radius 1 is 1.15 bits per heavy atom. The van der Waals surface area contributed by atoms with Gasteiger partial charge in [0.05, 0.1) is 28.9 Å². The fraction of sp³-hybridized carbons (Fsp3) is 0.444. The molecular formula is C27H31F3N8O2. The summed E-state index contributed by atoms with van der Waals surface area (Å²) in [4.78, 5) is 41.4. The highest BCUT2D eigenvalue weighted by Crippen LogP contribution is 2.36. The quantitative estimate of drug-likeness (QED) is 0.463. The van der Waals surface area contributed by atoms with Crippen LogP contribution in [0.25, 0.3) is 16.6 Å². The molecule has 5 rings (SSSR count). The summed E-state index contributed by atoms with van der Waals surface area (Å²) in [5, 5.41) is 7.64. The van der Waals surface area contributed by atoms with Crippen molar-refractivity contribution in [2.75, 3.05) is 56.1 Å². The number of nitrogens with zero attached hydrogens (tertiary/aromatic N) is 7. The monoisotopic (exact) mass is 556 g/mol. The van der Waals surface area contributed by atoms with E-state index in [9.17, 15) is 22.8 Å². The molecule has 0 aliphatic carbocycles. The van der Waals surface area contributed by atoms with Crippen molar-refractivity contribution in [2.45, 2.75) is 32.0 Å². The number of carbonyl (C=O) groups is 1. The third kappa shape index (κ3) is 5.01. The average Bonchev–Trinajstić information content (AvgIpc) is 3.47. The highest BCUT2D eigenvalue weighted by atomic mass is 19.4. The highest BCUT2D eigenvalue weighted by Gasteiger charge is 2.37. The van der Waals surface area contributed by atoms with Crippen LogP contribution < -0.4 is 20.7 Å². The smallest absolute Gasteiger partial charge is 0.352 e. The van der Waals surface area contributed by atoms with Crippen molar-refractivity contribution in [3.05, 3.63) is 58.5 Å². The van der Waals surface area contributed by atoms with Gasteiger partial charge in [-0.15, -0.1) is 0 Å². The number of aryl methyl sites for hydroxylation is 1. The van der Waals surface area contributed by atoms with Crippen LogP contribution in [-0.2, 0) is 11.0 Å². The van der Waals surface area contributed by atoms with Gasteiger partial charge in [0, 0.05) is 39.3 Å². The molecule has 2 aliphatic heterocycles. The second kappa shape index (κ2) is 10.9. The van der Waals surface area contributed by atoms with E-state index in [4.69, 9.17) is 4.98 Å². The fourth-order valence-corrected chi connectivity index (χ4v) is 5.53. The van der Waals surface area contributed by atoms with Crippen LogP contribution in [0.15, 0.2) is 41.8 Å². The molecule has 4 heterocycles. The van der Waals surface area contributed by atoms with Gasteiger partial charge >= 0.3 is 6.18 Å². The Bertz CT molecular complexity index is 1500. The van der Waals surface area contributed by atoms with E-state index in [0.717, 1.165) is 17.5 Å². The summed E-state index contributed by atoms with van der Waals surface area (Å²) in [5.74, 6) is 0.647. The Hall–Kier alpha value is -4.00. The van der Waals surface area contributed by atoms with Crippen molar-refractivity contribution in [3.8, 4) is 5.69 Å². The van der Waals surface area contributed by atoms with Crippen molar-refractivity contribution in [1.29, 1.82) is 0 Å². The third-order valence-electron chi connectivity index (χ3n) is 7.44. The standard InChI is InChI=1S/C27H31F3N8O2/c1-4-21(39)37-13-12-36(16-18(37)14-31-3)24-19-15-32-38(20-9-7-8-17(2)22(20)27(28,29)30)25(40)23(19)33-26(34-24)35-10-5-6-11-35/h4,7-9,15,18,31H,1,5-6,10-14,16H2,2-3H3/t18-/m0/s1. The Morgan fingerprint density at radius 3 is 2.58 bits per heavy atom. The Labute approximate surface area is 229 Å². The molecule has 3 aromatic rings. The first kappa shape index (κ1) is 27.6. The molecule has 2 aromatic heterocycles. The number of carbonyl (C=O) groups excluding carboxylic acids is 1. The lowest BCUT2D eigenvalue weighted by Crippen LogP contribution is -2.58. The number of aromatic nitrogens is 4. The predicted molar refractivity (Wildman–Crippen MR) is 146 cm³/mol. The molecule has 2 aliphatic rings. The fourth-order valence-electron chi connectivity index (χ4n) is 5.53. The van der Waals surface area contributed by atoms with Gasteiger partial charge in [-0.2, -0.15) is 27.9 Å². The van der Waals surface area contributed by atoms with Crippen LogP contribution in [0.3, 0.4) is 0 Å². The molecule has 10 nitrogen and oxygen atoms in total. The molecule has 0 saturated carbocycles. The molecule has 40 heavy (non-hydrogen) atoms. The predicted octanol–water partition coefficient (Wildman–Crippen LogP) is 2.53. The summed E-state index contributed by atoms with van der Waals surface area (Å²) < 4.78 is 42.8. The molecule has 0 spiro atoms. The van der Waals surface area contributed by atoms with E-state index < -0.39 is 17.3 Å². The lowest BCUT2D eigenvalue weighted by molar-refractivity contribution is -0.138. The number of fused-ring (bicyclic) bond motifs is 1. The topological polar surface area (TPSA) is 99.5 Å². The molecule has 212 valence electrons. The second-order valence-electron chi connectivity index (χ2n) is 10.0. The molecule has 1 aromatic carbocycles. The molecule has 1 atom stereocenters. The molecule has 0 radical (unpaired) electrons. The molecule has 2 saturated heterocycles. The first-order valence-corrected chi connectivity index (χ1v) is 13.2. The van der Waals surface area contributed by atoms with E-state index in [0.29, 0.717) is 56.4 Å². The summed E-state index contributed by atoms with van der Waals surface area (Å²) in [7, 11) is 1.80. The van der Waals surface area contributed by atoms with E-state index in [1.165, 1.54) is 37.4 Å². The summed E-state index contributed by atoms with van der Waals surface area (Å²) in [6, 6.07) is 3.85. The Balaban J connectivity index is 1.67. The number of alkyl halides is 3. The molecule has 0 bridgehead atoms. The zero-order valence-corrected chi connectivity index (χ0v) is 22.4.